The summed E-state index contributed by atoms with van der Waals surface area (Å²) in [4.78, 5) is 28.8. The Morgan fingerprint density at radius 2 is 2.06 bits per heavy atom. The van der Waals surface area contributed by atoms with E-state index >= 15 is 0 Å². The summed E-state index contributed by atoms with van der Waals surface area (Å²) in [5, 5.41) is 10.2. The van der Waals surface area contributed by atoms with E-state index in [-0.39, 0.29) is 12.5 Å². The smallest absolute Gasteiger partial charge is 0.339 e. The van der Waals surface area contributed by atoms with E-state index < -0.39 is 5.97 Å². The molecule has 0 saturated carbocycles. The quantitative estimate of drug-likeness (QED) is 0.381. The monoisotopic (exact) mass is 461 g/mol. The van der Waals surface area contributed by atoms with Gasteiger partial charge >= 0.3 is 5.97 Å². The van der Waals surface area contributed by atoms with Crippen LogP contribution in [0.4, 0.5) is 17.2 Å². The molecule has 0 spiro atoms. The van der Waals surface area contributed by atoms with Gasteiger partial charge in [0, 0.05) is 23.3 Å². The molecule has 1 amide bonds. The maximum Gasteiger partial charge on any atom is 0.339 e. The predicted molar refractivity (Wildman–Crippen MR) is 128 cm³/mol. The number of carbonyl (C=O) groups excluding carboxylic acids is 2. The van der Waals surface area contributed by atoms with Crippen LogP contribution in [0.5, 0.6) is 0 Å². The first-order chi connectivity index (χ1) is 16.0. The summed E-state index contributed by atoms with van der Waals surface area (Å²) in [6.07, 6.45) is 1.70. The third kappa shape index (κ3) is 3.96. The molecule has 0 unspecified atom stereocenters. The molecule has 3 heterocycles. The highest BCUT2D eigenvalue weighted by Crippen LogP contribution is 2.39. The van der Waals surface area contributed by atoms with Gasteiger partial charge in [-0.2, -0.15) is 0 Å². The maximum atomic E-state index is 12.1. The second-order valence-corrected chi connectivity index (χ2v) is 8.00. The minimum atomic E-state index is -0.436. The predicted octanol–water partition coefficient (Wildman–Crippen LogP) is 4.42. The molecule has 0 radical (unpaired) electrons. The van der Waals surface area contributed by atoms with E-state index in [0.29, 0.717) is 40.0 Å². The fraction of sp³-hybridized carbons (Fsp3) is 0.125. The number of hydrogen-bond donors (Lipinski definition) is 3. The number of imidazole rings is 1. The summed E-state index contributed by atoms with van der Waals surface area (Å²) < 4.78 is 6.71. The molecule has 1 aliphatic heterocycles. The van der Waals surface area contributed by atoms with E-state index in [4.69, 9.17) is 21.3 Å². The Bertz CT molecular complexity index is 1400. The highest BCUT2D eigenvalue weighted by Gasteiger charge is 2.23. The zero-order valence-electron chi connectivity index (χ0n) is 17.7. The Balaban J connectivity index is 1.65. The third-order valence-corrected chi connectivity index (χ3v) is 5.64. The summed E-state index contributed by atoms with van der Waals surface area (Å²) in [5.74, 6) is 0.161. The first kappa shape index (κ1) is 20.8. The van der Waals surface area contributed by atoms with Crippen LogP contribution in [0.1, 0.15) is 15.9 Å². The van der Waals surface area contributed by atoms with Gasteiger partial charge in [0.2, 0.25) is 5.91 Å². The van der Waals surface area contributed by atoms with E-state index in [0.717, 1.165) is 16.8 Å². The van der Waals surface area contributed by atoms with Crippen molar-refractivity contribution in [1.29, 1.82) is 0 Å². The van der Waals surface area contributed by atoms with E-state index in [1.807, 2.05) is 46.9 Å². The maximum absolute atomic E-state index is 12.1. The van der Waals surface area contributed by atoms with Gasteiger partial charge in [-0.3, -0.25) is 9.20 Å². The molecule has 0 aliphatic carbocycles. The summed E-state index contributed by atoms with van der Waals surface area (Å²) in [5.41, 5.74) is 5.04. The first-order valence-electron chi connectivity index (χ1n) is 10.3. The second kappa shape index (κ2) is 8.48. The minimum Gasteiger partial charge on any atom is -0.465 e. The minimum absolute atomic E-state index is 0.100. The topological polar surface area (TPSA) is 96.8 Å². The lowest BCUT2D eigenvalue weighted by atomic mass is 10.1. The second-order valence-electron chi connectivity index (χ2n) is 7.56. The van der Waals surface area contributed by atoms with Crippen molar-refractivity contribution in [3.63, 3.8) is 0 Å². The number of halogens is 1. The molecule has 8 nitrogen and oxygen atoms in total. The molecule has 9 heteroatoms. The van der Waals surface area contributed by atoms with Gasteiger partial charge in [0.1, 0.15) is 17.2 Å². The lowest BCUT2D eigenvalue weighted by Gasteiger charge is -2.21. The average molecular weight is 462 g/mol. The lowest BCUT2D eigenvalue weighted by molar-refractivity contribution is -0.114. The molecular formula is C24H20ClN5O3. The van der Waals surface area contributed by atoms with Crippen LogP contribution in [-0.2, 0) is 16.1 Å². The van der Waals surface area contributed by atoms with Crippen LogP contribution in [0, 0.1) is 0 Å². The largest absolute Gasteiger partial charge is 0.465 e. The van der Waals surface area contributed by atoms with Crippen molar-refractivity contribution in [2.24, 2.45) is 0 Å². The van der Waals surface area contributed by atoms with Crippen molar-refractivity contribution in [2.75, 3.05) is 29.6 Å². The number of pyridine rings is 1. The fourth-order valence-electron chi connectivity index (χ4n) is 3.88. The molecule has 0 fully saturated rings. The average Bonchev–Trinajstić information content (AvgIpc) is 3.19. The third-order valence-electron chi connectivity index (χ3n) is 5.41. The van der Waals surface area contributed by atoms with Gasteiger partial charge in [0.05, 0.1) is 30.6 Å². The highest BCUT2D eigenvalue weighted by molar-refractivity contribution is 6.30. The molecule has 3 N–H and O–H groups in total. The summed E-state index contributed by atoms with van der Waals surface area (Å²) in [7, 11) is 1.35. The van der Waals surface area contributed by atoms with Gasteiger partial charge in [-0.1, -0.05) is 35.9 Å². The molecule has 5 rings (SSSR count). The molecule has 166 valence electrons. The van der Waals surface area contributed by atoms with Gasteiger partial charge in [-0.15, -0.1) is 0 Å². The van der Waals surface area contributed by atoms with Crippen LogP contribution >= 0.6 is 11.6 Å². The molecule has 0 atom stereocenters. The highest BCUT2D eigenvalue weighted by atomic mass is 35.5. The molecule has 4 aromatic rings. The molecular weight excluding hydrogens is 442 g/mol. The Hall–Kier alpha value is -4.04. The number of nitrogens with one attached hydrogen (secondary N) is 3. The van der Waals surface area contributed by atoms with Crippen LogP contribution in [0.2, 0.25) is 5.02 Å². The number of ether oxygens (including phenoxy) is 1. The molecule has 2 aromatic carbocycles. The number of fused-ring (bicyclic) bond motifs is 2. The van der Waals surface area contributed by atoms with Gasteiger partial charge in [-0.25, -0.2) is 9.78 Å². The van der Waals surface area contributed by atoms with Crippen molar-refractivity contribution in [3.05, 3.63) is 76.9 Å². The Morgan fingerprint density at radius 3 is 2.88 bits per heavy atom. The number of methoxy groups -OCH3 is 1. The van der Waals surface area contributed by atoms with Crippen LogP contribution in [-0.4, -0.2) is 34.9 Å². The number of esters is 1. The Labute approximate surface area is 194 Å². The van der Waals surface area contributed by atoms with Gasteiger partial charge < -0.3 is 20.7 Å². The summed E-state index contributed by atoms with van der Waals surface area (Å²) in [6.45, 7) is 0.665. The molecule has 33 heavy (non-hydrogen) atoms. The fourth-order valence-corrected chi connectivity index (χ4v) is 4.09. The van der Waals surface area contributed by atoms with Crippen LogP contribution in [0.15, 0.2) is 60.8 Å². The van der Waals surface area contributed by atoms with Crippen molar-refractivity contribution in [1.82, 2.24) is 9.38 Å². The molecule has 2 aromatic heterocycles. The number of anilines is 3. The molecule has 1 aliphatic rings. The number of amides is 1. The van der Waals surface area contributed by atoms with E-state index in [1.54, 1.807) is 18.3 Å². The molecule has 0 bridgehead atoms. The Morgan fingerprint density at radius 1 is 1.21 bits per heavy atom. The lowest BCUT2D eigenvalue weighted by Crippen LogP contribution is -2.27. The number of benzene rings is 2. The SMILES string of the molecule is COC(=O)c1ccc2nc(-c3cccc4c3NCC(=O)N4)c(NCc3cccc(Cl)c3)n2c1. The van der Waals surface area contributed by atoms with Gasteiger partial charge in [0.15, 0.2) is 0 Å². The zero-order valence-corrected chi connectivity index (χ0v) is 18.4. The molecule has 0 saturated heterocycles. The number of para-hydroxylation sites is 1. The van der Waals surface area contributed by atoms with Crippen LogP contribution in [0.25, 0.3) is 16.9 Å². The number of nitrogens with zero attached hydrogens (tertiary/aromatic N) is 2. The van der Waals surface area contributed by atoms with Crippen molar-refractivity contribution in [2.45, 2.75) is 6.54 Å². The number of rotatable bonds is 5. The Kier molecular flexibility index (Phi) is 5.35. The van der Waals surface area contributed by atoms with E-state index in [2.05, 4.69) is 16.0 Å². The summed E-state index contributed by atoms with van der Waals surface area (Å²) >= 11 is 6.15. The summed E-state index contributed by atoms with van der Waals surface area (Å²) in [6, 6.07) is 16.7. The number of carbonyl (C=O) groups is 2. The van der Waals surface area contributed by atoms with E-state index in [1.165, 1.54) is 7.11 Å². The standard InChI is InChI=1S/C24H20ClN5O3/c1-33-24(32)15-8-9-19-29-22(17-6-3-7-18-21(17)26-12-20(31)28-18)23(30(19)13-15)27-11-14-4-2-5-16(25)10-14/h2-10,13,26-27H,11-12H2,1H3,(H,28,31). The van der Waals surface area contributed by atoms with Gasteiger partial charge in [-0.05, 0) is 35.9 Å². The normalized spacial score (nSPS) is 12.6. The first-order valence-corrected chi connectivity index (χ1v) is 10.7. The van der Waals surface area contributed by atoms with Crippen molar-refractivity contribution in [3.8, 4) is 11.3 Å². The zero-order chi connectivity index (χ0) is 22.9. The van der Waals surface area contributed by atoms with Gasteiger partial charge in [0.25, 0.3) is 0 Å². The number of hydrogen-bond acceptors (Lipinski definition) is 6. The number of aromatic nitrogens is 2. The van der Waals surface area contributed by atoms with Crippen LogP contribution in [0.3, 0.4) is 0 Å². The van der Waals surface area contributed by atoms with Crippen LogP contribution < -0.4 is 16.0 Å². The van der Waals surface area contributed by atoms with Crippen molar-refractivity contribution >= 4 is 46.3 Å². The van der Waals surface area contributed by atoms with E-state index in [9.17, 15) is 9.59 Å². The van der Waals surface area contributed by atoms with Crippen molar-refractivity contribution < 1.29 is 14.3 Å².